The van der Waals surface area contributed by atoms with Gasteiger partial charge in [0, 0.05) is 6.42 Å². The van der Waals surface area contributed by atoms with Gasteiger partial charge in [0.2, 0.25) is 0 Å². The van der Waals surface area contributed by atoms with Gasteiger partial charge in [-0.05, 0) is 12.0 Å². The molecular formula is C9H12O4. The minimum atomic E-state index is -0.954. The summed E-state index contributed by atoms with van der Waals surface area (Å²) in [6.07, 6.45) is 3.11. The largest absolute Gasteiger partial charge is 0.481 e. The van der Waals surface area contributed by atoms with Crippen molar-refractivity contribution < 1.29 is 20.1 Å². The molecule has 0 aromatic carbocycles. The van der Waals surface area contributed by atoms with Crippen molar-refractivity contribution in [2.24, 2.45) is 0 Å². The van der Waals surface area contributed by atoms with Crippen LogP contribution in [-0.4, -0.2) is 33.5 Å². The van der Waals surface area contributed by atoms with E-state index in [1.165, 1.54) is 6.08 Å². The molecule has 1 aliphatic carbocycles. The third kappa shape index (κ3) is 2.68. The van der Waals surface area contributed by atoms with Gasteiger partial charge < -0.3 is 15.3 Å². The summed E-state index contributed by atoms with van der Waals surface area (Å²) in [5, 5.41) is 27.0. The van der Waals surface area contributed by atoms with E-state index in [0.29, 0.717) is 5.57 Å². The molecule has 0 radical (unpaired) electrons. The van der Waals surface area contributed by atoms with E-state index in [-0.39, 0.29) is 12.8 Å². The van der Waals surface area contributed by atoms with Crippen molar-refractivity contribution in [1.29, 1.82) is 0 Å². The molecule has 72 valence electrons. The lowest BCUT2D eigenvalue weighted by molar-refractivity contribution is -0.137. The highest BCUT2D eigenvalue weighted by atomic mass is 16.4. The van der Waals surface area contributed by atoms with Gasteiger partial charge in [-0.3, -0.25) is 4.79 Å². The number of hydrogen-bond donors (Lipinski definition) is 3. The fourth-order valence-corrected chi connectivity index (χ4v) is 1.20. The van der Waals surface area contributed by atoms with Crippen molar-refractivity contribution in [1.82, 2.24) is 0 Å². The number of hydrogen-bond acceptors (Lipinski definition) is 3. The molecule has 0 saturated carbocycles. The molecule has 0 amide bonds. The molecule has 0 unspecified atom stereocenters. The van der Waals surface area contributed by atoms with Crippen LogP contribution in [-0.2, 0) is 4.79 Å². The Morgan fingerprint density at radius 3 is 2.77 bits per heavy atom. The molecule has 0 aromatic heterocycles. The van der Waals surface area contributed by atoms with Gasteiger partial charge in [0.1, 0.15) is 12.2 Å². The van der Waals surface area contributed by atoms with E-state index < -0.39 is 18.2 Å². The molecule has 0 aromatic rings. The quantitative estimate of drug-likeness (QED) is 0.580. The summed E-state index contributed by atoms with van der Waals surface area (Å²) < 4.78 is 0. The number of carboxylic acid groups (broad SMARTS) is 1. The number of carbonyl (C=O) groups is 1. The third-order valence-electron chi connectivity index (χ3n) is 1.95. The number of rotatable bonds is 3. The zero-order chi connectivity index (χ0) is 9.84. The SMILES string of the molecule is O=C(O)CCC1=CC=C[C@H](O)[C@@H]1O. The van der Waals surface area contributed by atoms with Crippen molar-refractivity contribution in [2.75, 3.05) is 0 Å². The van der Waals surface area contributed by atoms with Crippen LogP contribution in [0.1, 0.15) is 12.8 Å². The molecule has 0 bridgehead atoms. The van der Waals surface area contributed by atoms with E-state index >= 15 is 0 Å². The Labute approximate surface area is 75.8 Å². The molecule has 2 atom stereocenters. The first-order valence-electron chi connectivity index (χ1n) is 4.06. The topological polar surface area (TPSA) is 77.8 Å². The number of allylic oxidation sites excluding steroid dienone is 2. The lowest BCUT2D eigenvalue weighted by atomic mass is 9.95. The Morgan fingerprint density at radius 1 is 1.46 bits per heavy atom. The third-order valence-corrected chi connectivity index (χ3v) is 1.95. The lowest BCUT2D eigenvalue weighted by Gasteiger charge is -2.20. The van der Waals surface area contributed by atoms with Gasteiger partial charge in [-0.15, -0.1) is 0 Å². The lowest BCUT2D eigenvalue weighted by Crippen LogP contribution is -2.28. The summed E-state index contributed by atoms with van der Waals surface area (Å²) in [6.45, 7) is 0. The number of aliphatic hydroxyl groups excluding tert-OH is 2. The van der Waals surface area contributed by atoms with Crippen molar-refractivity contribution in [3.8, 4) is 0 Å². The maximum absolute atomic E-state index is 10.2. The summed E-state index contributed by atoms with van der Waals surface area (Å²) in [5.41, 5.74) is 0.567. The van der Waals surface area contributed by atoms with Gasteiger partial charge in [-0.25, -0.2) is 0 Å². The average Bonchev–Trinajstić information content (AvgIpc) is 2.07. The molecule has 0 spiro atoms. The summed E-state index contributed by atoms with van der Waals surface area (Å²) >= 11 is 0. The van der Waals surface area contributed by atoms with Crippen LogP contribution in [0.25, 0.3) is 0 Å². The highest BCUT2D eigenvalue weighted by Gasteiger charge is 2.20. The van der Waals surface area contributed by atoms with Crippen LogP contribution in [0.4, 0.5) is 0 Å². The van der Waals surface area contributed by atoms with Crippen molar-refractivity contribution in [3.05, 3.63) is 23.8 Å². The van der Waals surface area contributed by atoms with E-state index in [9.17, 15) is 15.0 Å². The maximum atomic E-state index is 10.2. The van der Waals surface area contributed by atoms with Crippen LogP contribution in [0.3, 0.4) is 0 Å². The minimum absolute atomic E-state index is 0.0244. The van der Waals surface area contributed by atoms with Crippen LogP contribution in [0, 0.1) is 0 Å². The Hall–Kier alpha value is -1.13. The first-order chi connectivity index (χ1) is 6.11. The normalized spacial score (nSPS) is 27.1. The van der Waals surface area contributed by atoms with Crippen LogP contribution in [0.2, 0.25) is 0 Å². The van der Waals surface area contributed by atoms with Gasteiger partial charge in [0.05, 0.1) is 0 Å². The monoisotopic (exact) mass is 184 g/mol. The molecular weight excluding hydrogens is 172 g/mol. The predicted octanol–water partition coefficient (Wildman–Crippen LogP) is 0.0692. The minimum Gasteiger partial charge on any atom is -0.481 e. The zero-order valence-corrected chi connectivity index (χ0v) is 7.05. The van der Waals surface area contributed by atoms with Gasteiger partial charge in [-0.2, -0.15) is 0 Å². The van der Waals surface area contributed by atoms with Crippen molar-refractivity contribution >= 4 is 5.97 Å². The molecule has 1 rings (SSSR count). The van der Waals surface area contributed by atoms with E-state index in [1.807, 2.05) is 0 Å². The van der Waals surface area contributed by atoms with Gasteiger partial charge in [0.15, 0.2) is 0 Å². The fraction of sp³-hybridized carbons (Fsp3) is 0.444. The molecule has 4 heteroatoms. The number of aliphatic hydroxyl groups is 2. The molecule has 0 fully saturated rings. The number of aliphatic carboxylic acids is 1. The standard InChI is InChI=1S/C9H12O4/c10-7-3-1-2-6(9(7)13)4-5-8(11)12/h1-3,7,9-10,13H,4-5H2,(H,11,12)/t7-,9+/m0/s1. The van der Waals surface area contributed by atoms with Crippen LogP contribution in [0.5, 0.6) is 0 Å². The van der Waals surface area contributed by atoms with E-state index in [2.05, 4.69) is 0 Å². The molecule has 1 aliphatic rings. The highest BCUT2D eigenvalue weighted by molar-refractivity contribution is 5.67. The summed E-state index contributed by atoms with van der Waals surface area (Å²) in [7, 11) is 0. The zero-order valence-electron chi connectivity index (χ0n) is 7.05. The first kappa shape index (κ1) is 9.95. The summed E-state index contributed by atoms with van der Waals surface area (Å²) in [6, 6.07) is 0. The average molecular weight is 184 g/mol. The Kier molecular flexibility index (Phi) is 3.22. The van der Waals surface area contributed by atoms with Gasteiger partial charge in [0.25, 0.3) is 0 Å². The smallest absolute Gasteiger partial charge is 0.303 e. The van der Waals surface area contributed by atoms with Crippen LogP contribution in [0.15, 0.2) is 23.8 Å². The molecule has 0 aliphatic heterocycles. The molecule has 0 heterocycles. The van der Waals surface area contributed by atoms with Crippen molar-refractivity contribution in [2.45, 2.75) is 25.0 Å². The Morgan fingerprint density at radius 2 is 2.15 bits per heavy atom. The highest BCUT2D eigenvalue weighted by Crippen LogP contribution is 2.18. The second-order valence-corrected chi connectivity index (χ2v) is 2.96. The maximum Gasteiger partial charge on any atom is 0.303 e. The van der Waals surface area contributed by atoms with E-state index in [1.54, 1.807) is 12.2 Å². The Balaban J connectivity index is 2.53. The van der Waals surface area contributed by atoms with Crippen LogP contribution >= 0.6 is 0 Å². The predicted molar refractivity (Wildman–Crippen MR) is 46.1 cm³/mol. The summed E-state index contributed by atoms with van der Waals surface area (Å²) in [5.74, 6) is -0.905. The molecule has 3 N–H and O–H groups in total. The first-order valence-corrected chi connectivity index (χ1v) is 4.06. The second-order valence-electron chi connectivity index (χ2n) is 2.96. The van der Waals surface area contributed by atoms with Crippen LogP contribution < -0.4 is 0 Å². The molecule has 4 nitrogen and oxygen atoms in total. The van der Waals surface area contributed by atoms with Gasteiger partial charge in [-0.1, -0.05) is 18.2 Å². The fourth-order valence-electron chi connectivity index (χ4n) is 1.20. The van der Waals surface area contributed by atoms with E-state index in [0.717, 1.165) is 0 Å². The second kappa shape index (κ2) is 4.20. The summed E-state index contributed by atoms with van der Waals surface area (Å²) in [4.78, 5) is 10.2. The molecule has 13 heavy (non-hydrogen) atoms. The van der Waals surface area contributed by atoms with E-state index in [4.69, 9.17) is 5.11 Å². The Bertz CT molecular complexity index is 254. The van der Waals surface area contributed by atoms with Gasteiger partial charge >= 0.3 is 5.97 Å². The number of carboxylic acids is 1. The van der Waals surface area contributed by atoms with Crippen molar-refractivity contribution in [3.63, 3.8) is 0 Å². The molecule has 0 saturated heterocycles.